The van der Waals surface area contributed by atoms with Crippen LogP contribution in [0, 0.1) is 12.7 Å². The fourth-order valence-corrected chi connectivity index (χ4v) is 1.78. The molecule has 1 heterocycles. The van der Waals surface area contributed by atoms with Crippen molar-refractivity contribution in [1.29, 1.82) is 0 Å². The Morgan fingerprint density at radius 2 is 2.00 bits per heavy atom. The molecule has 0 atom stereocenters. The van der Waals surface area contributed by atoms with Gasteiger partial charge in [-0.15, -0.1) is 0 Å². The van der Waals surface area contributed by atoms with Gasteiger partial charge in [-0.3, -0.25) is 0 Å². The molecule has 0 aliphatic rings. The molecule has 0 aliphatic carbocycles. The van der Waals surface area contributed by atoms with Crippen LogP contribution >= 0.6 is 15.9 Å². The van der Waals surface area contributed by atoms with Crippen LogP contribution in [0.4, 0.5) is 21.7 Å². The van der Waals surface area contributed by atoms with Crippen molar-refractivity contribution < 1.29 is 4.39 Å². The summed E-state index contributed by atoms with van der Waals surface area (Å²) in [5.41, 5.74) is 3.62. The summed E-state index contributed by atoms with van der Waals surface area (Å²) in [4.78, 5) is 7.97. The topological polar surface area (TPSA) is 75.9 Å². The molecule has 2 rings (SSSR count). The molecule has 0 spiro atoms. The van der Waals surface area contributed by atoms with Crippen molar-refractivity contribution in [1.82, 2.24) is 9.97 Å². The molecule has 0 amide bonds. The monoisotopic (exact) mass is 311 g/mol. The van der Waals surface area contributed by atoms with Crippen LogP contribution in [0.2, 0.25) is 0 Å². The van der Waals surface area contributed by atoms with Crippen molar-refractivity contribution in [3.05, 3.63) is 40.4 Å². The van der Waals surface area contributed by atoms with E-state index in [2.05, 4.69) is 36.6 Å². The van der Waals surface area contributed by atoms with Gasteiger partial charge in [-0.2, -0.15) is 0 Å². The van der Waals surface area contributed by atoms with Crippen molar-refractivity contribution in [2.24, 2.45) is 5.84 Å². The van der Waals surface area contributed by atoms with Gasteiger partial charge in [0.2, 0.25) is 0 Å². The van der Waals surface area contributed by atoms with E-state index in [1.807, 2.05) is 0 Å². The van der Waals surface area contributed by atoms with E-state index in [0.29, 0.717) is 27.4 Å². The molecule has 0 saturated heterocycles. The zero-order valence-electron chi connectivity index (χ0n) is 9.54. The maximum absolute atomic E-state index is 13.4. The van der Waals surface area contributed by atoms with Crippen LogP contribution in [0.5, 0.6) is 0 Å². The van der Waals surface area contributed by atoms with E-state index >= 15 is 0 Å². The van der Waals surface area contributed by atoms with Crippen molar-refractivity contribution >= 4 is 33.3 Å². The Balaban J connectivity index is 2.31. The van der Waals surface area contributed by atoms with Gasteiger partial charge in [-0.1, -0.05) is 6.07 Å². The quantitative estimate of drug-likeness (QED) is 0.600. The first kappa shape index (κ1) is 12.7. The number of hydrogen-bond donors (Lipinski definition) is 3. The molecule has 0 radical (unpaired) electrons. The first-order valence-electron chi connectivity index (χ1n) is 5.12. The SMILES string of the molecule is Cc1ccc(Nc2ncnc(NN)c2Br)cc1F. The van der Waals surface area contributed by atoms with E-state index in [1.54, 1.807) is 19.1 Å². The molecule has 0 fully saturated rings. The summed E-state index contributed by atoms with van der Waals surface area (Å²) in [6, 6.07) is 4.86. The molecule has 4 N–H and O–H groups in total. The highest BCUT2D eigenvalue weighted by molar-refractivity contribution is 9.10. The van der Waals surface area contributed by atoms with Gasteiger partial charge in [0.15, 0.2) is 5.82 Å². The second-order valence-electron chi connectivity index (χ2n) is 3.62. The third-order valence-electron chi connectivity index (χ3n) is 2.36. The highest BCUT2D eigenvalue weighted by Crippen LogP contribution is 2.28. The number of hydrogen-bond acceptors (Lipinski definition) is 5. The van der Waals surface area contributed by atoms with Crippen molar-refractivity contribution in [3.63, 3.8) is 0 Å². The summed E-state index contributed by atoms with van der Waals surface area (Å²) in [5, 5.41) is 2.98. The number of aryl methyl sites for hydroxylation is 1. The fourth-order valence-electron chi connectivity index (χ4n) is 1.36. The van der Waals surface area contributed by atoms with Crippen molar-refractivity contribution in [3.8, 4) is 0 Å². The molecule has 1 aromatic heterocycles. The largest absolute Gasteiger partial charge is 0.339 e. The molecule has 1 aromatic carbocycles. The van der Waals surface area contributed by atoms with E-state index in [-0.39, 0.29) is 5.82 Å². The van der Waals surface area contributed by atoms with Gasteiger partial charge in [0.05, 0.1) is 0 Å². The number of nitrogen functional groups attached to an aromatic ring is 1. The predicted octanol–water partition coefficient (Wildman–Crippen LogP) is 2.72. The van der Waals surface area contributed by atoms with Gasteiger partial charge in [-0.05, 0) is 40.5 Å². The van der Waals surface area contributed by atoms with E-state index in [4.69, 9.17) is 5.84 Å². The lowest BCUT2D eigenvalue weighted by molar-refractivity contribution is 0.619. The van der Waals surface area contributed by atoms with Crippen LogP contribution in [0.15, 0.2) is 29.0 Å². The Hall–Kier alpha value is -1.73. The highest BCUT2D eigenvalue weighted by atomic mass is 79.9. The maximum Gasteiger partial charge on any atom is 0.159 e. The fraction of sp³-hybridized carbons (Fsp3) is 0.0909. The van der Waals surface area contributed by atoms with Crippen molar-refractivity contribution in [2.45, 2.75) is 6.92 Å². The molecular weight excluding hydrogens is 301 g/mol. The molecule has 0 unspecified atom stereocenters. The molecule has 0 saturated carbocycles. The molecule has 18 heavy (non-hydrogen) atoms. The van der Waals surface area contributed by atoms with Gasteiger partial charge < -0.3 is 10.7 Å². The number of nitrogens with zero attached hydrogens (tertiary/aromatic N) is 2. The van der Waals surface area contributed by atoms with Crippen LogP contribution < -0.4 is 16.6 Å². The van der Waals surface area contributed by atoms with Crippen LogP contribution in [0.1, 0.15) is 5.56 Å². The lowest BCUT2D eigenvalue weighted by Gasteiger charge is -2.10. The lowest BCUT2D eigenvalue weighted by atomic mass is 10.2. The minimum absolute atomic E-state index is 0.276. The molecule has 7 heteroatoms. The Kier molecular flexibility index (Phi) is 3.73. The highest BCUT2D eigenvalue weighted by Gasteiger charge is 2.08. The predicted molar refractivity (Wildman–Crippen MR) is 72.0 cm³/mol. The standard InChI is InChI=1S/C11H11BrFN5/c1-6-2-3-7(4-8(6)13)17-10-9(12)11(18-14)16-5-15-10/h2-5H,14H2,1H3,(H2,15,16,17,18). The minimum Gasteiger partial charge on any atom is -0.339 e. The van der Waals surface area contributed by atoms with Gasteiger partial charge in [0, 0.05) is 5.69 Å². The van der Waals surface area contributed by atoms with Crippen LogP contribution in [0.3, 0.4) is 0 Å². The number of rotatable bonds is 3. The van der Waals surface area contributed by atoms with E-state index in [0.717, 1.165) is 0 Å². The smallest absolute Gasteiger partial charge is 0.159 e. The number of nitrogens with one attached hydrogen (secondary N) is 2. The number of hydrazine groups is 1. The normalized spacial score (nSPS) is 10.2. The average molecular weight is 312 g/mol. The number of benzene rings is 1. The Bertz CT molecular complexity index is 575. The second-order valence-corrected chi connectivity index (χ2v) is 4.41. The first-order chi connectivity index (χ1) is 8.61. The number of nitrogens with two attached hydrogens (primary N) is 1. The number of halogens is 2. The van der Waals surface area contributed by atoms with Gasteiger partial charge in [0.25, 0.3) is 0 Å². The maximum atomic E-state index is 13.4. The number of aromatic nitrogens is 2. The molecule has 0 bridgehead atoms. The van der Waals surface area contributed by atoms with Crippen LogP contribution in [0.25, 0.3) is 0 Å². The Labute approximate surface area is 112 Å². The van der Waals surface area contributed by atoms with Crippen LogP contribution in [-0.4, -0.2) is 9.97 Å². The summed E-state index contributed by atoms with van der Waals surface area (Å²) in [6.07, 6.45) is 1.35. The molecule has 0 aliphatic heterocycles. The molecule has 94 valence electrons. The van der Waals surface area contributed by atoms with Crippen molar-refractivity contribution in [2.75, 3.05) is 10.7 Å². The third-order valence-corrected chi connectivity index (χ3v) is 3.11. The molecule has 5 nitrogen and oxygen atoms in total. The lowest BCUT2D eigenvalue weighted by Crippen LogP contribution is -2.10. The Morgan fingerprint density at radius 3 is 2.67 bits per heavy atom. The molecule has 2 aromatic rings. The summed E-state index contributed by atoms with van der Waals surface area (Å²) < 4.78 is 14.0. The summed E-state index contributed by atoms with van der Waals surface area (Å²) in [7, 11) is 0. The van der Waals surface area contributed by atoms with Gasteiger partial charge >= 0.3 is 0 Å². The van der Waals surface area contributed by atoms with Gasteiger partial charge in [0.1, 0.15) is 22.4 Å². The average Bonchev–Trinajstić information content (AvgIpc) is 2.36. The summed E-state index contributed by atoms with van der Waals surface area (Å²) >= 11 is 3.31. The third kappa shape index (κ3) is 2.57. The zero-order valence-corrected chi connectivity index (χ0v) is 11.1. The first-order valence-corrected chi connectivity index (χ1v) is 5.91. The number of anilines is 3. The van der Waals surface area contributed by atoms with E-state index in [1.165, 1.54) is 12.4 Å². The zero-order chi connectivity index (χ0) is 13.1. The molecular formula is C11H11BrFN5. The van der Waals surface area contributed by atoms with E-state index in [9.17, 15) is 4.39 Å². The second kappa shape index (κ2) is 5.28. The van der Waals surface area contributed by atoms with Gasteiger partial charge in [-0.25, -0.2) is 20.2 Å². The van der Waals surface area contributed by atoms with E-state index < -0.39 is 0 Å². The Morgan fingerprint density at radius 1 is 1.28 bits per heavy atom. The summed E-state index contributed by atoms with van der Waals surface area (Å²) in [5.74, 6) is 5.97. The van der Waals surface area contributed by atoms with Crippen LogP contribution in [-0.2, 0) is 0 Å². The summed E-state index contributed by atoms with van der Waals surface area (Å²) in [6.45, 7) is 1.70. The minimum atomic E-state index is -0.276.